The van der Waals surface area contributed by atoms with Crippen LogP contribution in [-0.4, -0.2) is 34.3 Å². The molecule has 1 aromatic heterocycles. The fourth-order valence-corrected chi connectivity index (χ4v) is 2.85. The van der Waals surface area contributed by atoms with Crippen molar-refractivity contribution in [1.29, 1.82) is 0 Å². The first-order chi connectivity index (χ1) is 7.81. The van der Waals surface area contributed by atoms with Gasteiger partial charge < -0.3 is 4.90 Å². The van der Waals surface area contributed by atoms with E-state index >= 15 is 0 Å². The Labute approximate surface area is 105 Å². The number of rotatable bonds is 3. The number of piperidine rings is 1. The van der Waals surface area contributed by atoms with Gasteiger partial charge in [-0.15, -0.1) is 0 Å². The van der Waals surface area contributed by atoms with E-state index in [2.05, 4.69) is 36.8 Å². The molecule has 1 aliphatic heterocycles. The van der Waals surface area contributed by atoms with Crippen molar-refractivity contribution in [2.24, 2.45) is 5.92 Å². The Morgan fingerprint density at radius 3 is 2.56 bits per heavy atom. The van der Waals surface area contributed by atoms with Crippen LogP contribution in [0, 0.1) is 5.92 Å². The molecule has 4 heteroatoms. The summed E-state index contributed by atoms with van der Waals surface area (Å²) >= 11 is 3.46. The van der Waals surface area contributed by atoms with Crippen LogP contribution in [0.4, 0.5) is 0 Å². The Kier molecular flexibility index (Phi) is 3.03. The Morgan fingerprint density at radius 2 is 2.00 bits per heavy atom. The molecule has 0 bridgehead atoms. The van der Waals surface area contributed by atoms with E-state index in [1.807, 2.05) is 6.20 Å². The standard InChI is InChI=1S/C12H18BrN3/c13-11-7-14-16(9-11)12-3-5-15(6-4-12)8-10-1-2-10/h7,9-10,12H,1-6,8H2. The SMILES string of the molecule is Brc1cnn(C2CCN(CC3CC3)CC2)c1. The first kappa shape index (κ1) is 10.8. The molecule has 88 valence electrons. The highest BCUT2D eigenvalue weighted by molar-refractivity contribution is 9.10. The average molecular weight is 284 g/mol. The van der Waals surface area contributed by atoms with Gasteiger partial charge in [0.2, 0.25) is 0 Å². The molecule has 0 radical (unpaired) electrons. The van der Waals surface area contributed by atoms with Crippen molar-refractivity contribution in [3.63, 3.8) is 0 Å². The maximum atomic E-state index is 4.39. The predicted octanol–water partition coefficient (Wildman–Crippen LogP) is 2.69. The van der Waals surface area contributed by atoms with Crippen molar-refractivity contribution in [1.82, 2.24) is 14.7 Å². The number of nitrogens with zero attached hydrogens (tertiary/aromatic N) is 3. The van der Waals surface area contributed by atoms with Gasteiger partial charge in [0, 0.05) is 25.8 Å². The second-order valence-electron chi connectivity index (χ2n) is 5.11. The molecule has 0 unspecified atom stereocenters. The van der Waals surface area contributed by atoms with Gasteiger partial charge in [-0.3, -0.25) is 4.68 Å². The first-order valence-electron chi connectivity index (χ1n) is 6.23. The summed E-state index contributed by atoms with van der Waals surface area (Å²) in [6.07, 6.45) is 9.41. The lowest BCUT2D eigenvalue weighted by Gasteiger charge is -2.32. The molecular formula is C12H18BrN3. The maximum absolute atomic E-state index is 4.39. The van der Waals surface area contributed by atoms with E-state index in [9.17, 15) is 0 Å². The van der Waals surface area contributed by atoms with E-state index in [-0.39, 0.29) is 0 Å². The Balaban J connectivity index is 1.53. The first-order valence-corrected chi connectivity index (χ1v) is 7.02. The molecular weight excluding hydrogens is 266 g/mol. The van der Waals surface area contributed by atoms with Crippen LogP contribution < -0.4 is 0 Å². The van der Waals surface area contributed by atoms with Crippen LogP contribution in [0.15, 0.2) is 16.9 Å². The lowest BCUT2D eigenvalue weighted by molar-refractivity contribution is 0.174. The summed E-state index contributed by atoms with van der Waals surface area (Å²) in [5, 5.41) is 4.39. The van der Waals surface area contributed by atoms with E-state index in [0.717, 1.165) is 10.4 Å². The normalized spacial score (nSPS) is 23.8. The summed E-state index contributed by atoms with van der Waals surface area (Å²) in [6, 6.07) is 0.613. The van der Waals surface area contributed by atoms with Gasteiger partial charge in [-0.1, -0.05) is 0 Å². The van der Waals surface area contributed by atoms with Crippen molar-refractivity contribution >= 4 is 15.9 Å². The quantitative estimate of drug-likeness (QED) is 0.851. The number of halogens is 1. The number of hydrogen-bond donors (Lipinski definition) is 0. The summed E-state index contributed by atoms with van der Waals surface area (Å²) in [4.78, 5) is 2.63. The molecule has 0 aromatic carbocycles. The van der Waals surface area contributed by atoms with Crippen LogP contribution in [-0.2, 0) is 0 Å². The maximum Gasteiger partial charge on any atom is 0.0632 e. The number of likely N-dealkylation sites (tertiary alicyclic amines) is 1. The van der Waals surface area contributed by atoms with Crippen molar-refractivity contribution < 1.29 is 0 Å². The molecule has 0 spiro atoms. The zero-order chi connectivity index (χ0) is 11.0. The molecule has 1 saturated heterocycles. The topological polar surface area (TPSA) is 21.1 Å². The second-order valence-corrected chi connectivity index (χ2v) is 6.03. The Hall–Kier alpha value is -0.350. The zero-order valence-corrected chi connectivity index (χ0v) is 11.1. The van der Waals surface area contributed by atoms with Crippen molar-refractivity contribution in [3.8, 4) is 0 Å². The zero-order valence-electron chi connectivity index (χ0n) is 9.48. The smallest absolute Gasteiger partial charge is 0.0632 e. The minimum Gasteiger partial charge on any atom is -0.303 e. The van der Waals surface area contributed by atoms with Crippen LogP contribution in [0.3, 0.4) is 0 Å². The monoisotopic (exact) mass is 283 g/mol. The third-order valence-corrected chi connectivity index (χ3v) is 4.12. The van der Waals surface area contributed by atoms with Gasteiger partial charge >= 0.3 is 0 Å². The van der Waals surface area contributed by atoms with Gasteiger partial charge in [0.15, 0.2) is 0 Å². The third-order valence-electron chi connectivity index (χ3n) is 3.71. The summed E-state index contributed by atoms with van der Waals surface area (Å²) in [5.41, 5.74) is 0. The molecule has 0 amide bonds. The van der Waals surface area contributed by atoms with Crippen LogP contribution in [0.5, 0.6) is 0 Å². The molecule has 2 heterocycles. The molecule has 3 rings (SSSR count). The van der Waals surface area contributed by atoms with Gasteiger partial charge in [0.05, 0.1) is 16.7 Å². The van der Waals surface area contributed by atoms with Gasteiger partial charge in [-0.2, -0.15) is 5.10 Å². The fraction of sp³-hybridized carbons (Fsp3) is 0.750. The molecule has 1 aromatic rings. The molecule has 2 aliphatic rings. The molecule has 1 saturated carbocycles. The average Bonchev–Trinajstić information content (AvgIpc) is 3.00. The largest absolute Gasteiger partial charge is 0.303 e. The van der Waals surface area contributed by atoms with E-state index in [4.69, 9.17) is 0 Å². The lowest BCUT2D eigenvalue weighted by atomic mass is 10.1. The minimum atomic E-state index is 0.613. The highest BCUT2D eigenvalue weighted by atomic mass is 79.9. The van der Waals surface area contributed by atoms with E-state index in [0.29, 0.717) is 6.04 Å². The highest BCUT2D eigenvalue weighted by Crippen LogP contribution is 2.31. The Morgan fingerprint density at radius 1 is 1.25 bits per heavy atom. The van der Waals surface area contributed by atoms with Crippen LogP contribution in [0.1, 0.15) is 31.7 Å². The number of hydrogen-bond acceptors (Lipinski definition) is 2. The predicted molar refractivity (Wildman–Crippen MR) is 67.4 cm³/mol. The van der Waals surface area contributed by atoms with Gasteiger partial charge in [0.25, 0.3) is 0 Å². The van der Waals surface area contributed by atoms with Gasteiger partial charge in [-0.05, 0) is 47.5 Å². The van der Waals surface area contributed by atoms with Gasteiger partial charge in [0.1, 0.15) is 0 Å². The fourth-order valence-electron chi connectivity index (χ4n) is 2.55. The van der Waals surface area contributed by atoms with Gasteiger partial charge in [-0.25, -0.2) is 0 Å². The third kappa shape index (κ3) is 2.48. The summed E-state index contributed by atoms with van der Waals surface area (Å²) in [7, 11) is 0. The second kappa shape index (κ2) is 4.49. The number of aromatic nitrogens is 2. The lowest BCUT2D eigenvalue weighted by Crippen LogP contribution is -2.36. The van der Waals surface area contributed by atoms with Crippen molar-refractivity contribution in [3.05, 3.63) is 16.9 Å². The minimum absolute atomic E-state index is 0.613. The van der Waals surface area contributed by atoms with E-state index in [1.54, 1.807) is 0 Å². The van der Waals surface area contributed by atoms with Crippen LogP contribution in [0.25, 0.3) is 0 Å². The summed E-state index contributed by atoms with van der Waals surface area (Å²) in [5.74, 6) is 1.02. The van der Waals surface area contributed by atoms with Crippen LogP contribution >= 0.6 is 15.9 Å². The summed E-state index contributed by atoms with van der Waals surface area (Å²) < 4.78 is 3.21. The Bertz CT molecular complexity index is 351. The van der Waals surface area contributed by atoms with E-state index < -0.39 is 0 Å². The highest BCUT2D eigenvalue weighted by Gasteiger charge is 2.27. The molecule has 0 atom stereocenters. The summed E-state index contributed by atoms with van der Waals surface area (Å²) in [6.45, 7) is 3.84. The molecule has 3 nitrogen and oxygen atoms in total. The molecule has 1 aliphatic carbocycles. The van der Waals surface area contributed by atoms with E-state index in [1.165, 1.54) is 45.3 Å². The van der Waals surface area contributed by atoms with Crippen LogP contribution in [0.2, 0.25) is 0 Å². The molecule has 2 fully saturated rings. The molecule has 0 N–H and O–H groups in total. The molecule has 16 heavy (non-hydrogen) atoms. The van der Waals surface area contributed by atoms with Crippen molar-refractivity contribution in [2.75, 3.05) is 19.6 Å². The van der Waals surface area contributed by atoms with Crippen molar-refractivity contribution in [2.45, 2.75) is 31.7 Å².